The molecule has 11 rings (SSSR count). The topological polar surface area (TPSA) is 372 Å². The highest BCUT2D eigenvalue weighted by Gasteiger charge is 2.31. The summed E-state index contributed by atoms with van der Waals surface area (Å²) in [7, 11) is 7.59. The highest BCUT2D eigenvalue weighted by Crippen LogP contribution is 2.36. The number of methoxy groups -OCH3 is 6. The van der Waals surface area contributed by atoms with Gasteiger partial charge in [-0.15, -0.1) is 0 Å². The van der Waals surface area contributed by atoms with Crippen LogP contribution in [0.25, 0.3) is 0 Å². The summed E-state index contributed by atoms with van der Waals surface area (Å²) >= 11 is 0. The van der Waals surface area contributed by atoms with Gasteiger partial charge in [0.1, 0.15) is 27.8 Å². The first-order valence-electron chi connectivity index (χ1n) is 38.1. The molecule has 0 amide bonds. The van der Waals surface area contributed by atoms with Gasteiger partial charge in [0.15, 0.2) is 0 Å². The number of carbonyl (C=O) groups excluding carboxylic acids is 4. The summed E-state index contributed by atoms with van der Waals surface area (Å²) in [5.74, 6) is -1.91. The van der Waals surface area contributed by atoms with Crippen LogP contribution in [0.1, 0.15) is 265 Å². The first-order chi connectivity index (χ1) is 51.1. The standard InChI is InChI=1S/C14H19NO4.C14H19NO3.2C13H17NO4.C7H15N.C7H6O4.C7H18Si.C6H13NO/c1-18-11-7-5-10(6-8-11)15-9-3-4-12(13(15)16)14(17)19-2;1-10-5-7-11(8-6-10)15-9-3-4-12(13(15)16)14(17)18-2;1-18-10-6-4-9(5-7-10)14-8-2-3-11(12(14)15)13(16)17;1-18-13(17)11-3-2-8-14(12(11)16)9-4-6-10(15)7-5-9;1-6-2-4-7(8)5-3-6;1-10-6(8)5-3-2-4-11-7(5)9;1-7(2,3)8(4,5)6;7-5-1-3-6(8)4-2-5/h3-4,9-11H,5-8H2,1-2H3;3-4,9-11H,5-8H2,1-2H3;2-3,8-10H,4-7H2,1H3,(H,16,17);2-3,8-10,15H,4-7H2,1H3;6-7H,2-5,8H2,1H3;2-4H,1H3;1-6H3;5-6,8H,1-4,7H2. The number of hydrogen-bond donors (Lipinski definition) is 5. The minimum absolute atomic E-state index is 0.0604. The molecule has 0 bridgehead atoms. The normalized spacial score (nSPS) is 23.8. The zero-order valence-corrected chi connectivity index (χ0v) is 67.3. The molecular weight excluding hydrogens is 1400 g/mol. The van der Waals surface area contributed by atoms with Crippen molar-refractivity contribution >= 4 is 37.9 Å². The predicted molar refractivity (Wildman–Crippen MR) is 418 cm³/mol. The Labute approximate surface area is 636 Å². The van der Waals surface area contributed by atoms with Crippen LogP contribution in [0, 0.1) is 11.8 Å². The quantitative estimate of drug-likeness (QED) is 0.0466. The second-order valence-electron chi connectivity index (χ2n) is 30.9. The van der Waals surface area contributed by atoms with Crippen molar-refractivity contribution in [3.8, 4) is 0 Å². The van der Waals surface area contributed by atoms with Crippen LogP contribution in [0.2, 0.25) is 24.7 Å². The maximum absolute atomic E-state index is 12.3. The van der Waals surface area contributed by atoms with E-state index in [4.69, 9.17) is 31.2 Å². The Balaban J connectivity index is 0.000000267. The summed E-state index contributed by atoms with van der Waals surface area (Å²) in [6.07, 6.45) is 31.7. The van der Waals surface area contributed by atoms with E-state index in [1.165, 1.54) is 96.8 Å². The van der Waals surface area contributed by atoms with Gasteiger partial charge in [-0.2, -0.15) is 0 Å². The third-order valence-corrected chi connectivity index (χ3v) is 26.2. The Hall–Kier alpha value is -7.92. The van der Waals surface area contributed by atoms with Crippen molar-refractivity contribution < 1.29 is 72.1 Å². The number of carbonyl (C=O) groups is 5. The number of hydrogen-bond acceptors (Lipinski definition) is 21. The lowest BCUT2D eigenvalue weighted by atomic mass is 9.87. The number of nitrogens with two attached hydrogens (primary N) is 2. The molecule has 5 heterocycles. The van der Waals surface area contributed by atoms with Crippen LogP contribution in [0.15, 0.2) is 120 Å². The van der Waals surface area contributed by atoms with Crippen molar-refractivity contribution in [2.24, 2.45) is 23.3 Å². The van der Waals surface area contributed by atoms with E-state index < -0.39 is 49.1 Å². The fourth-order valence-electron chi connectivity index (χ4n) is 13.1. The van der Waals surface area contributed by atoms with Crippen LogP contribution in [-0.2, 0) is 28.4 Å². The predicted octanol–water partition coefficient (Wildman–Crippen LogP) is 12.3. The molecule has 108 heavy (non-hydrogen) atoms. The third kappa shape index (κ3) is 29.8. The molecule has 0 spiro atoms. The molecule has 6 fully saturated rings. The number of pyridine rings is 4. The number of rotatable bonds is 11. The van der Waals surface area contributed by atoms with E-state index >= 15 is 0 Å². The number of esters is 4. The summed E-state index contributed by atoms with van der Waals surface area (Å²) in [4.78, 5) is 115. The summed E-state index contributed by atoms with van der Waals surface area (Å²) in [5, 5.41) is 27.9. The van der Waals surface area contributed by atoms with Crippen LogP contribution in [0.4, 0.5) is 0 Å². The van der Waals surface area contributed by atoms with Crippen LogP contribution >= 0.6 is 0 Å². The molecule has 602 valence electrons. The van der Waals surface area contributed by atoms with Gasteiger partial charge in [-0.1, -0.05) is 54.3 Å². The summed E-state index contributed by atoms with van der Waals surface area (Å²) in [5.41, 5.74) is 9.41. The van der Waals surface area contributed by atoms with E-state index in [1.54, 1.807) is 81.5 Å². The Bertz CT molecular complexity index is 3720. The largest absolute Gasteiger partial charge is 0.477 e. The van der Waals surface area contributed by atoms with Gasteiger partial charge in [0.2, 0.25) is 0 Å². The van der Waals surface area contributed by atoms with Crippen molar-refractivity contribution in [1.29, 1.82) is 0 Å². The number of ether oxygens (including phenoxy) is 6. The molecule has 0 unspecified atom stereocenters. The molecule has 5 aromatic rings. The van der Waals surface area contributed by atoms with E-state index in [9.17, 15) is 53.1 Å². The lowest BCUT2D eigenvalue weighted by molar-refractivity contribution is 0.0565. The molecule has 6 aliphatic rings. The Kier molecular flexibility index (Phi) is 39.9. The first kappa shape index (κ1) is 92.5. The molecule has 26 nitrogen and oxygen atoms in total. The summed E-state index contributed by atoms with van der Waals surface area (Å²) in [6.45, 7) is 18.8. The maximum atomic E-state index is 12.3. The number of aliphatic hydroxyl groups is 2. The highest BCUT2D eigenvalue weighted by molar-refractivity contribution is 6.78. The second kappa shape index (κ2) is 46.6. The molecule has 5 aromatic heterocycles. The van der Waals surface area contributed by atoms with Crippen LogP contribution < -0.4 is 39.3 Å². The van der Waals surface area contributed by atoms with Crippen molar-refractivity contribution in [2.45, 2.75) is 274 Å². The first-order valence-corrected chi connectivity index (χ1v) is 41.6. The van der Waals surface area contributed by atoms with Crippen LogP contribution in [-0.4, -0.2) is 151 Å². The van der Waals surface area contributed by atoms with Gasteiger partial charge in [0.05, 0.1) is 59.1 Å². The number of aromatic carboxylic acids is 1. The number of aromatic nitrogens is 4. The van der Waals surface area contributed by atoms with Crippen molar-refractivity contribution in [3.63, 3.8) is 0 Å². The van der Waals surface area contributed by atoms with Crippen molar-refractivity contribution in [2.75, 3.05) is 42.7 Å². The van der Waals surface area contributed by atoms with Gasteiger partial charge < -0.3 is 77.9 Å². The van der Waals surface area contributed by atoms with Crippen LogP contribution in [0.5, 0.6) is 0 Å². The zero-order chi connectivity index (χ0) is 80.4. The van der Waals surface area contributed by atoms with Gasteiger partial charge in [0, 0.05) is 83.3 Å². The Morgan fingerprint density at radius 2 is 0.657 bits per heavy atom. The molecule has 0 saturated heterocycles. The molecule has 0 aliphatic heterocycles. The molecule has 6 saturated carbocycles. The third-order valence-electron chi connectivity index (χ3n) is 21.7. The number of carboxylic acids is 1. The zero-order valence-electron chi connectivity index (χ0n) is 66.3. The molecule has 27 heteroatoms. The highest BCUT2D eigenvalue weighted by atomic mass is 28.3. The van der Waals surface area contributed by atoms with Gasteiger partial charge in [-0.3, -0.25) is 19.2 Å². The molecule has 0 radical (unpaired) electrons. The van der Waals surface area contributed by atoms with E-state index in [0.717, 1.165) is 127 Å². The van der Waals surface area contributed by atoms with E-state index in [2.05, 4.69) is 77.6 Å². The monoisotopic (exact) mass is 1530 g/mol. The smallest absolute Gasteiger partial charge is 0.350 e. The van der Waals surface area contributed by atoms with Crippen LogP contribution in [0.3, 0.4) is 0 Å². The fourth-order valence-corrected chi connectivity index (χ4v) is 13.1. The van der Waals surface area contributed by atoms with Crippen molar-refractivity contribution in [1.82, 2.24) is 18.3 Å². The van der Waals surface area contributed by atoms with Gasteiger partial charge in [-0.25, -0.2) is 28.8 Å². The lowest BCUT2D eigenvalue weighted by Crippen LogP contribution is -2.32. The van der Waals surface area contributed by atoms with Gasteiger partial charge >= 0.3 is 35.5 Å². The van der Waals surface area contributed by atoms with E-state index in [0.29, 0.717) is 30.0 Å². The van der Waals surface area contributed by atoms with E-state index in [1.807, 2.05) is 0 Å². The average molecular weight is 1530 g/mol. The molecule has 7 N–H and O–H groups in total. The summed E-state index contributed by atoms with van der Waals surface area (Å²) < 4.78 is 39.7. The molecule has 6 aliphatic carbocycles. The molecular formula is C81H124N6O20Si. The fraction of sp³-hybridized carbons (Fsp3) is 0.630. The SMILES string of the molecule is CC(C)(C)[Si](C)(C)C.CC1CCC(N)CC1.COC(=O)c1cccn(C2CCC(C)CC2)c1=O.COC(=O)c1cccn(C2CCC(O)CC2)c1=O.COC(=O)c1cccn(C2CCC(OC)CC2)c1=O.COC(=O)c1cccoc1=O.COC1CCC(n2cccc(C(=O)O)c2=O)CC1.NC1CCC(O)CC1. The van der Waals surface area contributed by atoms with Gasteiger partial charge in [0.25, 0.3) is 22.2 Å². The lowest BCUT2D eigenvalue weighted by Gasteiger charge is -2.32. The Morgan fingerprint density at radius 1 is 0.407 bits per heavy atom. The number of aliphatic hydroxyl groups excluding tert-OH is 2. The minimum atomic E-state index is -1.17. The van der Waals surface area contributed by atoms with Gasteiger partial charge in [-0.05, 0) is 232 Å². The number of nitrogens with zero attached hydrogens (tertiary/aromatic N) is 4. The molecule has 0 aromatic carbocycles. The minimum Gasteiger partial charge on any atom is -0.477 e. The average Bonchev–Trinajstić information content (AvgIpc) is 0.831. The number of carboxylic acid groups (broad SMARTS) is 1. The molecule has 0 atom stereocenters. The van der Waals surface area contributed by atoms with E-state index in [-0.39, 0.29) is 93.1 Å². The summed E-state index contributed by atoms with van der Waals surface area (Å²) in [6, 6.07) is 16.8. The maximum Gasteiger partial charge on any atom is 0.350 e. The second-order valence-corrected chi connectivity index (χ2v) is 36.9. The van der Waals surface area contributed by atoms with Crippen molar-refractivity contribution in [3.05, 3.63) is 171 Å². The Morgan fingerprint density at radius 3 is 0.926 bits per heavy atom.